The molecule has 0 bridgehead atoms. The highest BCUT2D eigenvalue weighted by Crippen LogP contribution is 2.31. The molecule has 0 aliphatic heterocycles. The average Bonchev–Trinajstić information content (AvgIpc) is 2.81. The van der Waals surface area contributed by atoms with Gasteiger partial charge in [-0.05, 0) is 32.1 Å². The van der Waals surface area contributed by atoms with Crippen LogP contribution >= 0.6 is 0 Å². The predicted molar refractivity (Wildman–Crippen MR) is 64.9 cm³/mol. The first-order chi connectivity index (χ1) is 8.58. The van der Waals surface area contributed by atoms with Crippen LogP contribution in [-0.4, -0.2) is 34.2 Å². The fourth-order valence-electron chi connectivity index (χ4n) is 3.02. The summed E-state index contributed by atoms with van der Waals surface area (Å²) in [4.78, 5) is 22.9. The van der Waals surface area contributed by atoms with Gasteiger partial charge in [-0.3, -0.25) is 9.59 Å². The highest BCUT2D eigenvalue weighted by atomic mass is 16.4. The maximum atomic E-state index is 12.0. The third-order valence-corrected chi connectivity index (χ3v) is 4.21. The Balaban J connectivity index is 1.83. The molecule has 2 rings (SSSR count). The molecule has 2 unspecified atom stereocenters. The molecule has 1 amide bonds. The van der Waals surface area contributed by atoms with Gasteiger partial charge in [-0.15, -0.1) is 0 Å². The van der Waals surface area contributed by atoms with Gasteiger partial charge in [-0.2, -0.15) is 0 Å². The number of aliphatic carboxylic acids is 1. The highest BCUT2D eigenvalue weighted by molar-refractivity contribution is 5.81. The number of hydrogen-bond donors (Lipinski definition) is 3. The van der Waals surface area contributed by atoms with E-state index < -0.39 is 12.1 Å². The summed E-state index contributed by atoms with van der Waals surface area (Å²) in [6.45, 7) is 0. The number of carbonyl (C=O) groups is 2. The van der Waals surface area contributed by atoms with Gasteiger partial charge in [0, 0.05) is 5.92 Å². The Morgan fingerprint density at radius 2 is 1.67 bits per heavy atom. The molecule has 0 radical (unpaired) electrons. The molecule has 4 atom stereocenters. The second-order valence-electron chi connectivity index (χ2n) is 5.51. The van der Waals surface area contributed by atoms with Gasteiger partial charge in [0.2, 0.25) is 5.91 Å². The molecule has 5 nitrogen and oxygen atoms in total. The van der Waals surface area contributed by atoms with Crippen molar-refractivity contribution in [1.29, 1.82) is 0 Å². The molecule has 0 aromatic heterocycles. The van der Waals surface area contributed by atoms with Crippen LogP contribution < -0.4 is 5.32 Å². The second-order valence-corrected chi connectivity index (χ2v) is 5.51. The molecule has 0 aromatic rings. The SMILES string of the molecule is O=C(O)C1CCC(C(=O)N[C@H]2CCCC[C@@H]2O)C1. The van der Waals surface area contributed by atoms with Gasteiger partial charge in [-0.1, -0.05) is 12.8 Å². The van der Waals surface area contributed by atoms with Crippen molar-refractivity contribution in [2.45, 2.75) is 57.1 Å². The van der Waals surface area contributed by atoms with Crippen LogP contribution in [0.15, 0.2) is 0 Å². The van der Waals surface area contributed by atoms with Crippen LogP contribution in [0.4, 0.5) is 0 Å². The Hall–Kier alpha value is -1.10. The minimum absolute atomic E-state index is 0.0790. The number of hydrogen-bond acceptors (Lipinski definition) is 3. The second kappa shape index (κ2) is 5.69. The molecule has 0 spiro atoms. The lowest BCUT2D eigenvalue weighted by Gasteiger charge is -2.29. The van der Waals surface area contributed by atoms with E-state index in [2.05, 4.69) is 5.32 Å². The topological polar surface area (TPSA) is 86.6 Å². The van der Waals surface area contributed by atoms with Crippen molar-refractivity contribution in [3.05, 3.63) is 0 Å². The maximum absolute atomic E-state index is 12.0. The van der Waals surface area contributed by atoms with Crippen molar-refractivity contribution in [2.24, 2.45) is 11.8 Å². The van der Waals surface area contributed by atoms with E-state index in [1.54, 1.807) is 0 Å². The van der Waals surface area contributed by atoms with E-state index in [1.165, 1.54) is 0 Å². The average molecular weight is 255 g/mol. The monoisotopic (exact) mass is 255 g/mol. The van der Waals surface area contributed by atoms with Crippen molar-refractivity contribution in [1.82, 2.24) is 5.32 Å². The largest absolute Gasteiger partial charge is 0.481 e. The molecule has 3 N–H and O–H groups in total. The molecule has 0 aromatic carbocycles. The molecule has 5 heteroatoms. The number of amides is 1. The third-order valence-electron chi connectivity index (χ3n) is 4.21. The van der Waals surface area contributed by atoms with Gasteiger partial charge in [-0.25, -0.2) is 0 Å². The molecule has 102 valence electrons. The van der Waals surface area contributed by atoms with Crippen LogP contribution in [0.2, 0.25) is 0 Å². The lowest BCUT2D eigenvalue weighted by Crippen LogP contribution is -2.46. The van der Waals surface area contributed by atoms with Crippen molar-refractivity contribution in [2.75, 3.05) is 0 Å². The number of carbonyl (C=O) groups excluding carboxylic acids is 1. The summed E-state index contributed by atoms with van der Waals surface area (Å²) in [7, 11) is 0. The van der Waals surface area contributed by atoms with E-state index in [9.17, 15) is 14.7 Å². The van der Waals surface area contributed by atoms with E-state index in [0.717, 1.165) is 25.7 Å². The lowest BCUT2D eigenvalue weighted by atomic mass is 9.92. The molecule has 2 fully saturated rings. The van der Waals surface area contributed by atoms with Gasteiger partial charge < -0.3 is 15.5 Å². The van der Waals surface area contributed by atoms with E-state index in [-0.39, 0.29) is 23.8 Å². The first-order valence-corrected chi connectivity index (χ1v) is 6.79. The number of aliphatic hydroxyl groups excluding tert-OH is 1. The zero-order valence-corrected chi connectivity index (χ0v) is 10.5. The maximum Gasteiger partial charge on any atom is 0.306 e. The van der Waals surface area contributed by atoms with E-state index in [1.807, 2.05) is 0 Å². The molecule has 2 saturated carbocycles. The Labute approximate surface area is 107 Å². The summed E-state index contributed by atoms with van der Waals surface area (Å²) >= 11 is 0. The Kier molecular flexibility index (Phi) is 4.22. The zero-order chi connectivity index (χ0) is 13.1. The van der Waals surface area contributed by atoms with Gasteiger partial charge >= 0.3 is 5.97 Å². The summed E-state index contributed by atoms with van der Waals surface area (Å²) < 4.78 is 0. The van der Waals surface area contributed by atoms with E-state index >= 15 is 0 Å². The Bertz CT molecular complexity index is 331. The highest BCUT2D eigenvalue weighted by Gasteiger charge is 2.35. The van der Waals surface area contributed by atoms with Crippen LogP contribution in [0.25, 0.3) is 0 Å². The van der Waals surface area contributed by atoms with Crippen molar-refractivity contribution >= 4 is 11.9 Å². The van der Waals surface area contributed by atoms with Crippen LogP contribution in [-0.2, 0) is 9.59 Å². The van der Waals surface area contributed by atoms with Gasteiger partial charge in [0.05, 0.1) is 18.1 Å². The van der Waals surface area contributed by atoms with Gasteiger partial charge in [0.1, 0.15) is 0 Å². The smallest absolute Gasteiger partial charge is 0.306 e. The fraction of sp³-hybridized carbons (Fsp3) is 0.846. The Morgan fingerprint density at radius 1 is 1.00 bits per heavy atom. The first kappa shape index (κ1) is 13.3. The van der Waals surface area contributed by atoms with Crippen molar-refractivity contribution in [3.8, 4) is 0 Å². The minimum Gasteiger partial charge on any atom is -0.481 e. The molecular weight excluding hydrogens is 234 g/mol. The number of nitrogens with one attached hydrogen (secondary N) is 1. The quantitative estimate of drug-likeness (QED) is 0.699. The minimum atomic E-state index is -0.803. The predicted octanol–water partition coefficient (Wildman–Crippen LogP) is 0.907. The van der Waals surface area contributed by atoms with Crippen LogP contribution in [0.5, 0.6) is 0 Å². The van der Waals surface area contributed by atoms with Gasteiger partial charge in [0.15, 0.2) is 0 Å². The number of carboxylic acids is 1. The number of carboxylic acid groups (broad SMARTS) is 1. The molecule has 2 aliphatic rings. The molecular formula is C13H21NO4. The van der Waals surface area contributed by atoms with E-state index in [0.29, 0.717) is 19.3 Å². The first-order valence-electron chi connectivity index (χ1n) is 6.79. The summed E-state index contributed by atoms with van der Waals surface area (Å²) in [6, 6.07) is -0.143. The van der Waals surface area contributed by atoms with Crippen LogP contribution in [0.3, 0.4) is 0 Å². The van der Waals surface area contributed by atoms with Gasteiger partial charge in [0.25, 0.3) is 0 Å². The molecule has 2 aliphatic carbocycles. The lowest BCUT2D eigenvalue weighted by molar-refractivity contribution is -0.141. The van der Waals surface area contributed by atoms with Crippen LogP contribution in [0.1, 0.15) is 44.9 Å². The van der Waals surface area contributed by atoms with E-state index in [4.69, 9.17) is 5.11 Å². The molecule has 0 saturated heterocycles. The molecule has 0 heterocycles. The summed E-state index contributed by atoms with van der Waals surface area (Å²) in [6.07, 6.45) is 4.83. The van der Waals surface area contributed by atoms with Crippen molar-refractivity contribution in [3.63, 3.8) is 0 Å². The number of aliphatic hydroxyl groups is 1. The fourth-order valence-corrected chi connectivity index (χ4v) is 3.02. The standard InChI is InChI=1S/C13H21NO4/c15-11-4-2-1-3-10(11)14-12(16)8-5-6-9(7-8)13(17)18/h8-11,15H,1-7H2,(H,14,16)(H,17,18)/t8?,9?,10-,11-/m0/s1. The van der Waals surface area contributed by atoms with Crippen LogP contribution in [0, 0.1) is 11.8 Å². The summed E-state index contributed by atoms with van der Waals surface area (Å²) in [5.74, 6) is -1.45. The molecule has 18 heavy (non-hydrogen) atoms. The normalized spacial score (nSPS) is 36.3. The summed E-state index contributed by atoms with van der Waals surface area (Å²) in [5.41, 5.74) is 0. The Morgan fingerprint density at radius 3 is 2.28 bits per heavy atom. The third kappa shape index (κ3) is 3.02. The van der Waals surface area contributed by atoms with Crippen molar-refractivity contribution < 1.29 is 19.8 Å². The number of rotatable bonds is 3. The summed E-state index contributed by atoms with van der Waals surface area (Å²) in [5, 5.41) is 21.6. The zero-order valence-electron chi connectivity index (χ0n) is 10.5.